The van der Waals surface area contributed by atoms with Crippen LogP contribution in [0, 0.1) is 12.8 Å². The molecule has 19 heavy (non-hydrogen) atoms. The summed E-state index contributed by atoms with van der Waals surface area (Å²) in [6, 6.07) is 0.599. The first kappa shape index (κ1) is 14.1. The predicted octanol–water partition coefficient (Wildman–Crippen LogP) is 3.38. The first-order chi connectivity index (χ1) is 9.15. The SMILES string of the molecule is CCCNc1nc(CCC)nc(NC2CC2C)c1C. The molecular weight excluding hydrogens is 236 g/mol. The van der Waals surface area contributed by atoms with Crippen molar-refractivity contribution >= 4 is 11.6 Å². The van der Waals surface area contributed by atoms with Crippen LogP contribution in [0.3, 0.4) is 0 Å². The largest absolute Gasteiger partial charge is 0.370 e. The van der Waals surface area contributed by atoms with Crippen LogP contribution in [0.4, 0.5) is 11.6 Å². The maximum atomic E-state index is 4.68. The van der Waals surface area contributed by atoms with Crippen LogP contribution in [0.15, 0.2) is 0 Å². The molecule has 0 spiro atoms. The number of nitrogens with one attached hydrogen (secondary N) is 2. The molecule has 0 radical (unpaired) electrons. The maximum Gasteiger partial charge on any atom is 0.135 e. The van der Waals surface area contributed by atoms with Gasteiger partial charge < -0.3 is 10.6 Å². The summed E-state index contributed by atoms with van der Waals surface area (Å²) in [5, 5.41) is 6.97. The normalized spacial score (nSPS) is 21.3. The molecular formula is C15H26N4. The Kier molecular flexibility index (Phi) is 4.61. The first-order valence-corrected chi connectivity index (χ1v) is 7.53. The minimum absolute atomic E-state index is 0.599. The zero-order chi connectivity index (χ0) is 13.8. The van der Waals surface area contributed by atoms with E-state index in [0.717, 1.165) is 54.7 Å². The van der Waals surface area contributed by atoms with Gasteiger partial charge in [0.05, 0.1) is 0 Å². The van der Waals surface area contributed by atoms with Crippen LogP contribution in [0.2, 0.25) is 0 Å². The van der Waals surface area contributed by atoms with Gasteiger partial charge in [0.15, 0.2) is 0 Å². The summed E-state index contributed by atoms with van der Waals surface area (Å²) in [5.74, 6) is 3.74. The smallest absolute Gasteiger partial charge is 0.135 e. The number of rotatable bonds is 7. The van der Waals surface area contributed by atoms with Crippen molar-refractivity contribution in [3.05, 3.63) is 11.4 Å². The van der Waals surface area contributed by atoms with Gasteiger partial charge in [-0.25, -0.2) is 9.97 Å². The van der Waals surface area contributed by atoms with Gasteiger partial charge >= 0.3 is 0 Å². The lowest BCUT2D eigenvalue weighted by atomic mass is 10.2. The highest BCUT2D eigenvalue weighted by atomic mass is 15.1. The average Bonchev–Trinajstić information content (AvgIpc) is 3.07. The van der Waals surface area contributed by atoms with Gasteiger partial charge in [0.1, 0.15) is 17.5 Å². The van der Waals surface area contributed by atoms with Crippen LogP contribution in [-0.4, -0.2) is 22.6 Å². The van der Waals surface area contributed by atoms with Crippen molar-refractivity contribution in [3.63, 3.8) is 0 Å². The highest BCUT2D eigenvalue weighted by Crippen LogP contribution is 2.33. The Morgan fingerprint density at radius 1 is 1.16 bits per heavy atom. The van der Waals surface area contributed by atoms with E-state index in [1.54, 1.807) is 0 Å². The van der Waals surface area contributed by atoms with Gasteiger partial charge in [-0.05, 0) is 32.1 Å². The lowest BCUT2D eigenvalue weighted by Gasteiger charge is -2.14. The monoisotopic (exact) mass is 262 g/mol. The van der Waals surface area contributed by atoms with Gasteiger partial charge in [-0.2, -0.15) is 0 Å². The molecule has 0 aromatic carbocycles. The third-order valence-electron chi connectivity index (χ3n) is 3.64. The van der Waals surface area contributed by atoms with Crippen molar-refractivity contribution in [2.24, 2.45) is 5.92 Å². The fourth-order valence-electron chi connectivity index (χ4n) is 2.15. The van der Waals surface area contributed by atoms with E-state index in [1.165, 1.54) is 6.42 Å². The fourth-order valence-corrected chi connectivity index (χ4v) is 2.15. The van der Waals surface area contributed by atoms with E-state index >= 15 is 0 Å². The van der Waals surface area contributed by atoms with Gasteiger partial charge in [0.25, 0.3) is 0 Å². The van der Waals surface area contributed by atoms with Crippen molar-refractivity contribution in [1.29, 1.82) is 0 Å². The Morgan fingerprint density at radius 2 is 1.84 bits per heavy atom. The van der Waals surface area contributed by atoms with E-state index in [-0.39, 0.29) is 0 Å². The Hall–Kier alpha value is -1.32. The van der Waals surface area contributed by atoms with E-state index in [2.05, 4.69) is 48.3 Å². The number of hydrogen-bond donors (Lipinski definition) is 2. The minimum Gasteiger partial charge on any atom is -0.370 e. The summed E-state index contributed by atoms with van der Waals surface area (Å²) in [4.78, 5) is 9.33. The van der Waals surface area contributed by atoms with Crippen molar-refractivity contribution in [2.45, 2.75) is 59.4 Å². The Labute approximate surface area is 116 Å². The van der Waals surface area contributed by atoms with Crippen molar-refractivity contribution in [1.82, 2.24) is 9.97 Å². The fraction of sp³-hybridized carbons (Fsp3) is 0.733. The van der Waals surface area contributed by atoms with Crippen LogP contribution in [-0.2, 0) is 6.42 Å². The molecule has 4 nitrogen and oxygen atoms in total. The molecule has 1 saturated carbocycles. The minimum atomic E-state index is 0.599. The van der Waals surface area contributed by atoms with Crippen LogP contribution >= 0.6 is 0 Å². The number of anilines is 2. The van der Waals surface area contributed by atoms with Gasteiger partial charge in [-0.15, -0.1) is 0 Å². The molecule has 1 aromatic rings. The lowest BCUT2D eigenvalue weighted by Crippen LogP contribution is -2.13. The zero-order valence-electron chi connectivity index (χ0n) is 12.6. The molecule has 2 N–H and O–H groups in total. The topological polar surface area (TPSA) is 49.8 Å². The van der Waals surface area contributed by atoms with E-state index in [0.29, 0.717) is 6.04 Å². The average molecular weight is 262 g/mol. The molecule has 2 rings (SSSR count). The zero-order valence-corrected chi connectivity index (χ0v) is 12.6. The highest BCUT2D eigenvalue weighted by Gasteiger charge is 2.33. The second-order valence-corrected chi connectivity index (χ2v) is 5.60. The third-order valence-corrected chi connectivity index (χ3v) is 3.64. The molecule has 0 saturated heterocycles. The maximum absolute atomic E-state index is 4.68. The van der Waals surface area contributed by atoms with Gasteiger partial charge in [-0.1, -0.05) is 20.8 Å². The third kappa shape index (κ3) is 3.58. The molecule has 0 bridgehead atoms. The quantitative estimate of drug-likeness (QED) is 0.791. The van der Waals surface area contributed by atoms with Gasteiger partial charge in [-0.3, -0.25) is 0 Å². The molecule has 2 unspecified atom stereocenters. The summed E-state index contributed by atoms with van der Waals surface area (Å²) in [5.41, 5.74) is 1.15. The second-order valence-electron chi connectivity index (χ2n) is 5.60. The summed E-state index contributed by atoms with van der Waals surface area (Å²) in [6.45, 7) is 9.67. The molecule has 1 aliphatic carbocycles. The Bertz CT molecular complexity index is 430. The number of aromatic nitrogens is 2. The summed E-state index contributed by atoms with van der Waals surface area (Å²) < 4.78 is 0. The predicted molar refractivity (Wildman–Crippen MR) is 80.7 cm³/mol. The van der Waals surface area contributed by atoms with E-state index in [1.807, 2.05) is 0 Å². The van der Waals surface area contributed by atoms with E-state index in [4.69, 9.17) is 0 Å². The van der Waals surface area contributed by atoms with E-state index < -0.39 is 0 Å². The molecule has 0 aliphatic heterocycles. The Morgan fingerprint density at radius 3 is 2.42 bits per heavy atom. The van der Waals surface area contributed by atoms with Crippen LogP contribution in [0.1, 0.15) is 51.4 Å². The summed E-state index contributed by atoms with van der Waals surface area (Å²) >= 11 is 0. The van der Waals surface area contributed by atoms with Crippen LogP contribution in [0.5, 0.6) is 0 Å². The molecule has 4 heteroatoms. The van der Waals surface area contributed by atoms with Gasteiger partial charge in [0, 0.05) is 24.6 Å². The molecule has 1 aliphatic rings. The van der Waals surface area contributed by atoms with Gasteiger partial charge in [0.2, 0.25) is 0 Å². The summed E-state index contributed by atoms with van der Waals surface area (Å²) in [7, 11) is 0. The molecule has 1 aromatic heterocycles. The van der Waals surface area contributed by atoms with Crippen molar-refractivity contribution in [3.8, 4) is 0 Å². The number of aryl methyl sites for hydroxylation is 1. The Balaban J connectivity index is 2.20. The number of hydrogen-bond acceptors (Lipinski definition) is 4. The van der Waals surface area contributed by atoms with Crippen molar-refractivity contribution < 1.29 is 0 Å². The number of nitrogens with zero attached hydrogens (tertiary/aromatic N) is 2. The second kappa shape index (κ2) is 6.22. The molecule has 1 heterocycles. The van der Waals surface area contributed by atoms with E-state index in [9.17, 15) is 0 Å². The van der Waals surface area contributed by atoms with Crippen LogP contribution in [0.25, 0.3) is 0 Å². The molecule has 0 amide bonds. The lowest BCUT2D eigenvalue weighted by molar-refractivity contribution is 0.824. The standard InChI is InChI=1S/C15H26N4/c1-5-7-13-18-14(16-8-6-2)11(4)15(19-13)17-12-9-10(12)3/h10,12H,5-9H2,1-4H3,(H2,16,17,18,19). The molecule has 2 atom stereocenters. The highest BCUT2D eigenvalue weighted by molar-refractivity contribution is 5.58. The molecule has 106 valence electrons. The first-order valence-electron chi connectivity index (χ1n) is 7.53. The van der Waals surface area contributed by atoms with Crippen LogP contribution < -0.4 is 10.6 Å². The molecule has 1 fully saturated rings. The van der Waals surface area contributed by atoms with Crippen molar-refractivity contribution in [2.75, 3.05) is 17.2 Å². The summed E-state index contributed by atoms with van der Waals surface area (Å²) in [6.07, 6.45) is 4.38.